The summed E-state index contributed by atoms with van der Waals surface area (Å²) in [5, 5.41) is 6.45. The van der Waals surface area contributed by atoms with Crippen LogP contribution in [0, 0.1) is 5.92 Å². The molecule has 4 aromatic rings. The molecule has 1 saturated carbocycles. The van der Waals surface area contributed by atoms with Crippen molar-refractivity contribution in [3.05, 3.63) is 50.5 Å². The van der Waals surface area contributed by atoms with Gasteiger partial charge >= 0.3 is 0 Å². The maximum atomic E-state index is 11.1. The van der Waals surface area contributed by atoms with Gasteiger partial charge in [0.1, 0.15) is 12.1 Å². The number of aldehydes is 1. The molecule has 9 heteroatoms. The lowest BCUT2D eigenvalue weighted by molar-refractivity contribution is -0.111. The third-order valence-electron chi connectivity index (χ3n) is 5.94. The minimum absolute atomic E-state index is 0.157. The largest absolute Gasteiger partial charge is 0.383 e. The number of carbonyl (C=O) groups excluding carboxylic acids is 1. The number of fused-ring (bicyclic) bond motifs is 1. The topological polar surface area (TPSA) is 86.2 Å². The van der Waals surface area contributed by atoms with E-state index in [9.17, 15) is 4.79 Å². The lowest BCUT2D eigenvalue weighted by atomic mass is 9.81. The van der Waals surface area contributed by atoms with E-state index in [0.29, 0.717) is 11.5 Å². The first kappa shape index (κ1) is 20.6. The van der Waals surface area contributed by atoms with Crippen molar-refractivity contribution >= 4 is 56.6 Å². The van der Waals surface area contributed by atoms with Gasteiger partial charge in [0.2, 0.25) is 0 Å². The fraction of sp³-hybridized carbons (Fsp3) is 0.273. The Bertz CT molecular complexity index is 1260. The molecule has 0 unspecified atom stereocenters. The Kier molecular flexibility index (Phi) is 5.54. The van der Waals surface area contributed by atoms with E-state index in [-0.39, 0.29) is 11.8 Å². The number of pyridine rings is 1. The van der Waals surface area contributed by atoms with Crippen LogP contribution >= 0.6 is 38.9 Å². The Morgan fingerprint density at radius 3 is 2.65 bits per heavy atom. The number of anilines is 1. The van der Waals surface area contributed by atoms with Crippen LogP contribution in [0.2, 0.25) is 4.34 Å². The number of halogens is 2. The van der Waals surface area contributed by atoms with E-state index in [4.69, 9.17) is 22.3 Å². The van der Waals surface area contributed by atoms with Crippen molar-refractivity contribution in [3.63, 3.8) is 0 Å². The summed E-state index contributed by atoms with van der Waals surface area (Å²) in [5.41, 5.74) is 11.7. The quantitative estimate of drug-likeness (QED) is 0.337. The lowest BCUT2D eigenvalue weighted by Gasteiger charge is -2.26. The number of carbonyl (C=O) groups is 1. The van der Waals surface area contributed by atoms with Crippen molar-refractivity contribution in [3.8, 4) is 22.4 Å². The minimum Gasteiger partial charge on any atom is -0.383 e. The SMILES string of the molecule is Nc1c(Br)c(C2CCC(C=O)CC2)nc2c(-c3ccc(-c4csc(Cl)c4)nc3)cnn12. The number of nitrogens with two attached hydrogens (primary N) is 1. The molecule has 1 aliphatic rings. The molecule has 4 heterocycles. The summed E-state index contributed by atoms with van der Waals surface area (Å²) in [4.78, 5) is 20.7. The summed E-state index contributed by atoms with van der Waals surface area (Å²) in [6.07, 6.45) is 8.30. The van der Waals surface area contributed by atoms with Crippen LogP contribution in [-0.2, 0) is 4.79 Å². The average molecular weight is 517 g/mol. The van der Waals surface area contributed by atoms with Crippen molar-refractivity contribution in [2.45, 2.75) is 31.6 Å². The smallest absolute Gasteiger partial charge is 0.165 e. The highest BCUT2D eigenvalue weighted by molar-refractivity contribution is 9.10. The molecule has 0 bridgehead atoms. The summed E-state index contributed by atoms with van der Waals surface area (Å²) in [6.45, 7) is 0. The number of rotatable bonds is 4. The fourth-order valence-corrected chi connectivity index (χ4v) is 5.64. The molecule has 0 aliphatic heterocycles. The Morgan fingerprint density at radius 1 is 1.19 bits per heavy atom. The van der Waals surface area contributed by atoms with Crippen molar-refractivity contribution in [1.82, 2.24) is 19.6 Å². The van der Waals surface area contributed by atoms with E-state index in [1.54, 1.807) is 10.7 Å². The number of nitrogens with zero attached hydrogens (tertiary/aromatic N) is 4. The number of hydrogen-bond donors (Lipinski definition) is 1. The van der Waals surface area contributed by atoms with Gasteiger partial charge in [-0.2, -0.15) is 9.61 Å². The molecule has 0 amide bonds. The highest BCUT2D eigenvalue weighted by Gasteiger charge is 2.27. The van der Waals surface area contributed by atoms with E-state index < -0.39 is 0 Å². The molecule has 0 atom stereocenters. The molecule has 5 rings (SSSR count). The summed E-state index contributed by atoms with van der Waals surface area (Å²) in [6, 6.07) is 5.90. The molecule has 1 aliphatic carbocycles. The Labute approximate surface area is 196 Å². The number of nitrogen functional groups attached to an aromatic ring is 1. The molecular formula is C22H19BrClN5OS. The van der Waals surface area contributed by atoms with E-state index in [0.717, 1.165) is 68.9 Å². The Balaban J connectivity index is 1.53. The van der Waals surface area contributed by atoms with Crippen molar-refractivity contribution in [2.75, 3.05) is 5.73 Å². The van der Waals surface area contributed by atoms with Crippen molar-refractivity contribution in [1.29, 1.82) is 0 Å². The third kappa shape index (κ3) is 3.77. The monoisotopic (exact) mass is 515 g/mol. The molecule has 0 aromatic carbocycles. The van der Waals surface area contributed by atoms with Gasteiger partial charge in [-0.15, -0.1) is 11.3 Å². The van der Waals surface area contributed by atoms with Gasteiger partial charge in [-0.3, -0.25) is 4.98 Å². The van der Waals surface area contributed by atoms with E-state index in [2.05, 4.69) is 26.0 Å². The van der Waals surface area contributed by atoms with Gasteiger partial charge in [0, 0.05) is 40.1 Å². The summed E-state index contributed by atoms with van der Waals surface area (Å²) in [5.74, 6) is 0.954. The molecule has 158 valence electrons. The van der Waals surface area contributed by atoms with Gasteiger partial charge in [-0.05, 0) is 53.7 Å². The molecule has 31 heavy (non-hydrogen) atoms. The maximum absolute atomic E-state index is 11.1. The predicted molar refractivity (Wildman–Crippen MR) is 127 cm³/mol. The van der Waals surface area contributed by atoms with Crippen molar-refractivity contribution < 1.29 is 4.79 Å². The standard InChI is InChI=1S/C22H19BrClN5OS/c23-19-20(13-3-1-12(10-30)2-4-13)28-22-16(9-27-29(22)21(19)25)14-5-6-17(26-8-14)15-7-18(24)31-11-15/h5-13H,1-4,25H2. The number of aromatic nitrogens is 4. The highest BCUT2D eigenvalue weighted by Crippen LogP contribution is 2.40. The lowest BCUT2D eigenvalue weighted by Crippen LogP contribution is -2.17. The Morgan fingerprint density at radius 2 is 2.00 bits per heavy atom. The highest BCUT2D eigenvalue weighted by atomic mass is 79.9. The average Bonchev–Trinajstić information content (AvgIpc) is 3.43. The number of hydrogen-bond acceptors (Lipinski definition) is 6. The van der Waals surface area contributed by atoms with Crippen LogP contribution in [0.15, 0.2) is 40.4 Å². The summed E-state index contributed by atoms with van der Waals surface area (Å²) in [7, 11) is 0. The van der Waals surface area contributed by atoms with Crippen LogP contribution in [0.1, 0.15) is 37.3 Å². The molecule has 4 aromatic heterocycles. The number of thiophene rings is 1. The van der Waals surface area contributed by atoms with Crippen molar-refractivity contribution in [2.24, 2.45) is 5.92 Å². The van der Waals surface area contributed by atoms with Crippen LogP contribution in [0.3, 0.4) is 0 Å². The first-order valence-corrected chi connectivity index (χ1v) is 12.1. The van der Waals surface area contributed by atoms with Crippen LogP contribution in [0.4, 0.5) is 5.82 Å². The zero-order valence-corrected chi connectivity index (χ0v) is 19.6. The molecule has 2 N–H and O–H groups in total. The first-order chi connectivity index (χ1) is 15.0. The van der Waals surface area contributed by atoms with Crippen LogP contribution < -0.4 is 5.73 Å². The zero-order valence-electron chi connectivity index (χ0n) is 16.5. The molecule has 6 nitrogen and oxygen atoms in total. The Hall–Kier alpha value is -2.29. The van der Waals surface area contributed by atoms with E-state index in [1.165, 1.54) is 11.3 Å². The second kappa shape index (κ2) is 8.33. The van der Waals surface area contributed by atoms with Gasteiger partial charge in [-0.1, -0.05) is 17.7 Å². The fourth-order valence-electron chi connectivity index (χ4n) is 4.18. The second-order valence-corrected chi connectivity index (χ2v) is 10.1. The molecule has 1 fully saturated rings. The molecule has 0 spiro atoms. The zero-order chi connectivity index (χ0) is 21.5. The summed E-state index contributed by atoms with van der Waals surface area (Å²) < 4.78 is 3.18. The first-order valence-electron chi connectivity index (χ1n) is 10.0. The minimum atomic E-state index is 0.157. The van der Waals surface area contributed by atoms with Crippen LogP contribution in [0.5, 0.6) is 0 Å². The van der Waals surface area contributed by atoms with Crippen LogP contribution in [0.25, 0.3) is 28.0 Å². The van der Waals surface area contributed by atoms with E-state index >= 15 is 0 Å². The van der Waals surface area contributed by atoms with Crippen LogP contribution in [-0.4, -0.2) is 25.9 Å². The van der Waals surface area contributed by atoms with Gasteiger partial charge < -0.3 is 10.5 Å². The summed E-state index contributed by atoms with van der Waals surface area (Å²) >= 11 is 11.2. The van der Waals surface area contributed by atoms with Gasteiger partial charge in [-0.25, -0.2) is 4.98 Å². The van der Waals surface area contributed by atoms with Gasteiger partial charge in [0.05, 0.1) is 26.4 Å². The molecule has 0 saturated heterocycles. The molecular weight excluding hydrogens is 498 g/mol. The predicted octanol–water partition coefficient (Wildman–Crippen LogP) is 5.99. The van der Waals surface area contributed by atoms with Gasteiger partial charge in [0.25, 0.3) is 0 Å². The maximum Gasteiger partial charge on any atom is 0.165 e. The second-order valence-electron chi connectivity index (χ2n) is 7.81. The van der Waals surface area contributed by atoms with E-state index in [1.807, 2.05) is 29.8 Å². The van der Waals surface area contributed by atoms with Gasteiger partial charge in [0.15, 0.2) is 5.65 Å². The normalized spacial score (nSPS) is 19.0. The third-order valence-corrected chi connectivity index (χ3v) is 7.84. The molecule has 0 radical (unpaired) electrons.